The fourth-order valence-corrected chi connectivity index (χ4v) is 15.0. The predicted octanol–water partition coefficient (Wildman–Crippen LogP) is 6.38. The maximum absolute atomic E-state index is 6.09. The van der Waals surface area contributed by atoms with Gasteiger partial charge in [-0.1, -0.05) is 101 Å². The second kappa shape index (κ2) is 6.15. The molecule has 0 aromatic rings. The molecule has 0 amide bonds. The summed E-state index contributed by atoms with van der Waals surface area (Å²) in [5.74, 6) is 0. The van der Waals surface area contributed by atoms with E-state index in [1.165, 1.54) is 0 Å². The molecule has 0 aromatic carbocycles. The molecule has 0 heterocycles. The quantitative estimate of drug-likeness (QED) is 0.311. The van der Waals surface area contributed by atoms with Gasteiger partial charge in [-0.3, -0.25) is 0 Å². The van der Waals surface area contributed by atoms with Crippen molar-refractivity contribution in [3.05, 3.63) is 0 Å². The van der Waals surface area contributed by atoms with Crippen LogP contribution in [0.3, 0.4) is 0 Å². The minimum Gasteiger partial charge on any atom is -0.307 e. The van der Waals surface area contributed by atoms with E-state index in [1.54, 1.807) is 0 Å². The van der Waals surface area contributed by atoms with Crippen molar-refractivity contribution < 1.29 is 4.53 Å². The average molecular weight is 395 g/mol. The molecule has 8 heteroatoms. The lowest BCUT2D eigenvalue weighted by Gasteiger charge is -2.56. The topological polar surface area (TPSA) is 12.5 Å². The molecular formula is C12H30Cl3NOSi3. The van der Waals surface area contributed by atoms with E-state index >= 15 is 0 Å². The molecule has 0 fully saturated rings. The average Bonchev–Trinajstić information content (AvgIpc) is 2.08. The molecule has 0 radical (unpaired) electrons. The predicted molar refractivity (Wildman–Crippen MR) is 101 cm³/mol. The lowest BCUT2D eigenvalue weighted by Crippen LogP contribution is -2.69. The molecule has 0 unspecified atom stereocenters. The summed E-state index contributed by atoms with van der Waals surface area (Å²) in [6, 6.07) is 0. The van der Waals surface area contributed by atoms with Crippen LogP contribution >= 0.6 is 33.2 Å². The largest absolute Gasteiger partial charge is 0.509 e. The van der Waals surface area contributed by atoms with Crippen molar-refractivity contribution in [1.82, 2.24) is 4.39 Å². The molecule has 0 saturated carbocycles. The van der Waals surface area contributed by atoms with Crippen LogP contribution in [-0.4, -0.2) is 27.1 Å². The highest BCUT2D eigenvalue weighted by molar-refractivity contribution is 7.62. The molecule has 2 nitrogen and oxygen atoms in total. The zero-order valence-corrected chi connectivity index (χ0v) is 19.8. The number of halogens is 3. The summed E-state index contributed by atoms with van der Waals surface area (Å²) in [6.45, 7) is 22.7. The minimum absolute atomic E-state index is 0.132. The van der Waals surface area contributed by atoms with Gasteiger partial charge in [-0.2, -0.15) is 0 Å². The zero-order valence-electron chi connectivity index (χ0n) is 14.5. The van der Waals surface area contributed by atoms with Crippen molar-refractivity contribution >= 4 is 56.0 Å². The summed E-state index contributed by atoms with van der Waals surface area (Å²) in [5.41, 5.74) is 0. The van der Waals surface area contributed by atoms with E-state index in [2.05, 4.69) is 72.1 Å². The summed E-state index contributed by atoms with van der Waals surface area (Å²) in [4.78, 5) is 0. The van der Waals surface area contributed by atoms with E-state index in [9.17, 15) is 0 Å². The Morgan fingerprint density at radius 3 is 1.10 bits per heavy atom. The van der Waals surface area contributed by atoms with Crippen LogP contribution in [-0.2, 0) is 4.53 Å². The molecule has 0 aliphatic heterocycles. The molecule has 0 aliphatic rings. The standard InChI is InChI=1S/C12H30Cl3NOSi3/c1-11(2,3)18(7,8)16(17-20(13,14)15)19(9,10)12(4,5)6/h1-10H3. The van der Waals surface area contributed by atoms with Crippen molar-refractivity contribution in [2.24, 2.45) is 0 Å². The van der Waals surface area contributed by atoms with E-state index in [1.807, 2.05) is 0 Å². The molecule has 20 heavy (non-hydrogen) atoms. The third-order valence-electron chi connectivity index (χ3n) is 4.88. The second-order valence-corrected chi connectivity index (χ2v) is 26.6. The van der Waals surface area contributed by atoms with Crippen LogP contribution in [0.1, 0.15) is 41.5 Å². The van der Waals surface area contributed by atoms with Crippen LogP contribution in [0.2, 0.25) is 36.3 Å². The maximum atomic E-state index is 6.09. The third kappa shape index (κ3) is 4.98. The molecule has 0 atom stereocenters. The van der Waals surface area contributed by atoms with Gasteiger partial charge >= 0.3 is 6.25 Å². The van der Waals surface area contributed by atoms with Crippen molar-refractivity contribution in [2.45, 2.75) is 77.8 Å². The van der Waals surface area contributed by atoms with E-state index < -0.39 is 22.7 Å². The third-order valence-corrected chi connectivity index (χ3v) is 19.2. The zero-order chi connectivity index (χ0) is 16.8. The van der Waals surface area contributed by atoms with Gasteiger partial charge in [0.05, 0.1) is 0 Å². The number of hydrogen-bond donors (Lipinski definition) is 0. The van der Waals surface area contributed by atoms with Crippen molar-refractivity contribution in [1.29, 1.82) is 0 Å². The Kier molecular flexibility index (Phi) is 6.59. The Labute approximate surface area is 142 Å². The van der Waals surface area contributed by atoms with E-state index in [4.69, 9.17) is 37.8 Å². The van der Waals surface area contributed by atoms with Crippen LogP contribution in [0.25, 0.3) is 0 Å². The van der Waals surface area contributed by atoms with Gasteiger partial charge < -0.3 is 4.53 Å². The highest BCUT2D eigenvalue weighted by Crippen LogP contribution is 2.48. The van der Waals surface area contributed by atoms with E-state index in [0.29, 0.717) is 0 Å². The number of rotatable bonds is 4. The molecule has 0 bridgehead atoms. The van der Waals surface area contributed by atoms with Crippen molar-refractivity contribution in [3.63, 3.8) is 0 Å². The van der Waals surface area contributed by atoms with E-state index in [-0.39, 0.29) is 10.1 Å². The summed E-state index contributed by atoms with van der Waals surface area (Å²) >= 11 is 18.3. The first-order chi connectivity index (χ1) is 8.34. The van der Waals surface area contributed by atoms with Crippen LogP contribution in [0.5, 0.6) is 0 Å². The van der Waals surface area contributed by atoms with Gasteiger partial charge in [0.2, 0.25) is 0 Å². The van der Waals surface area contributed by atoms with Crippen LogP contribution in [0.4, 0.5) is 0 Å². The Morgan fingerprint density at radius 2 is 0.950 bits per heavy atom. The van der Waals surface area contributed by atoms with Gasteiger partial charge in [0.1, 0.15) is 16.5 Å². The molecule has 0 saturated heterocycles. The summed E-state index contributed by atoms with van der Waals surface area (Å²) < 4.78 is 8.21. The SMILES string of the molecule is CC(C)(C)[Si](C)(C)N(O[Si](Cl)(Cl)Cl)[Si](C)(C)C(C)(C)C. The van der Waals surface area contributed by atoms with Crippen LogP contribution in [0.15, 0.2) is 0 Å². The fourth-order valence-electron chi connectivity index (χ4n) is 1.64. The van der Waals surface area contributed by atoms with Gasteiger partial charge in [-0.15, -0.1) is 0 Å². The minimum atomic E-state index is -3.19. The molecular weight excluding hydrogens is 365 g/mol. The van der Waals surface area contributed by atoms with Crippen molar-refractivity contribution in [3.8, 4) is 0 Å². The monoisotopic (exact) mass is 393 g/mol. The normalized spacial score (nSPS) is 15.9. The van der Waals surface area contributed by atoms with Gasteiger partial charge in [0.25, 0.3) is 0 Å². The smallest absolute Gasteiger partial charge is 0.307 e. The van der Waals surface area contributed by atoms with E-state index in [0.717, 1.165) is 0 Å². The maximum Gasteiger partial charge on any atom is 0.509 e. The van der Waals surface area contributed by atoms with Crippen LogP contribution in [0, 0.1) is 0 Å². The Morgan fingerprint density at radius 1 is 0.700 bits per heavy atom. The van der Waals surface area contributed by atoms with Gasteiger partial charge in [-0.05, 0) is 10.1 Å². The van der Waals surface area contributed by atoms with Crippen molar-refractivity contribution in [2.75, 3.05) is 0 Å². The molecule has 0 spiro atoms. The molecule has 122 valence electrons. The lowest BCUT2D eigenvalue weighted by molar-refractivity contribution is 0.0973. The number of nitrogens with zero attached hydrogens (tertiary/aromatic N) is 1. The summed E-state index contributed by atoms with van der Waals surface area (Å²) in [5, 5.41) is 0.264. The second-order valence-electron chi connectivity index (χ2n) is 8.45. The molecule has 0 N–H and O–H groups in total. The Balaban J connectivity index is 5.89. The first-order valence-corrected chi connectivity index (χ1v) is 17.7. The highest BCUT2D eigenvalue weighted by atomic mass is 35.8. The molecule has 0 aromatic heterocycles. The van der Waals surface area contributed by atoms with Crippen LogP contribution < -0.4 is 0 Å². The first-order valence-electron chi connectivity index (χ1n) is 6.90. The van der Waals surface area contributed by atoms with Gasteiger partial charge in [0, 0.05) is 0 Å². The summed E-state index contributed by atoms with van der Waals surface area (Å²) in [6.07, 6.45) is -3.19. The fraction of sp³-hybridized carbons (Fsp3) is 1.00. The summed E-state index contributed by atoms with van der Waals surface area (Å²) in [7, 11) is -3.87. The van der Waals surface area contributed by atoms with Gasteiger partial charge in [-0.25, -0.2) is 4.39 Å². The first kappa shape index (κ1) is 21.4. The highest BCUT2D eigenvalue weighted by Gasteiger charge is 2.55. The Bertz CT molecular complexity index is 317. The number of hydrogen-bond acceptors (Lipinski definition) is 2. The van der Waals surface area contributed by atoms with Gasteiger partial charge in [0.15, 0.2) is 0 Å². The Hall–Kier alpha value is 1.44. The molecule has 0 rings (SSSR count). The lowest BCUT2D eigenvalue weighted by atomic mass is 10.2. The molecule has 0 aliphatic carbocycles.